The van der Waals surface area contributed by atoms with E-state index in [9.17, 15) is 4.79 Å². The molecular formula is C21H22Cl2N2O. The summed E-state index contributed by atoms with van der Waals surface area (Å²) in [4.78, 5) is 19.7. The summed E-state index contributed by atoms with van der Waals surface area (Å²) in [6.45, 7) is 3.29. The van der Waals surface area contributed by atoms with Gasteiger partial charge >= 0.3 is 0 Å². The highest BCUT2D eigenvalue weighted by Gasteiger charge is 2.21. The Morgan fingerprint density at radius 1 is 1.12 bits per heavy atom. The summed E-state index contributed by atoms with van der Waals surface area (Å²) in [6.07, 6.45) is 3.06. The summed E-state index contributed by atoms with van der Waals surface area (Å²) in [7, 11) is 0. The van der Waals surface area contributed by atoms with Gasteiger partial charge in [-0.05, 0) is 49.1 Å². The smallest absolute Gasteiger partial charge is 0.182 e. The fourth-order valence-corrected chi connectivity index (χ4v) is 3.38. The van der Waals surface area contributed by atoms with Crippen LogP contribution in [0.25, 0.3) is 0 Å². The van der Waals surface area contributed by atoms with Gasteiger partial charge in [0.2, 0.25) is 0 Å². The van der Waals surface area contributed by atoms with E-state index in [2.05, 4.69) is 6.92 Å². The number of benzene rings is 2. The molecule has 1 aliphatic heterocycles. The van der Waals surface area contributed by atoms with E-state index < -0.39 is 0 Å². The third kappa shape index (κ3) is 4.66. The standard InChI is InChI=1S/C21H22Cl2N2O/c1-15-7-10-21(24-12-11-15)25(17-5-3-2-4-6-17)14-20(26)16-8-9-18(22)19(23)13-16/h2-6,8-9,13,15H,7,10-12,14H2,1H3. The van der Waals surface area contributed by atoms with E-state index in [0.717, 1.165) is 37.3 Å². The first-order valence-corrected chi connectivity index (χ1v) is 9.64. The van der Waals surface area contributed by atoms with Gasteiger partial charge in [0.05, 0.1) is 16.6 Å². The largest absolute Gasteiger partial charge is 0.322 e. The van der Waals surface area contributed by atoms with Crippen LogP contribution in [0.4, 0.5) is 5.69 Å². The minimum Gasteiger partial charge on any atom is -0.322 e. The number of rotatable bonds is 4. The highest BCUT2D eigenvalue weighted by molar-refractivity contribution is 6.42. The van der Waals surface area contributed by atoms with Gasteiger partial charge < -0.3 is 4.90 Å². The minimum atomic E-state index is -0.00702. The van der Waals surface area contributed by atoms with Crippen LogP contribution in [-0.2, 0) is 0 Å². The Morgan fingerprint density at radius 3 is 2.62 bits per heavy atom. The van der Waals surface area contributed by atoms with Gasteiger partial charge in [0.15, 0.2) is 5.78 Å². The maximum Gasteiger partial charge on any atom is 0.182 e. The second-order valence-corrected chi connectivity index (χ2v) is 7.52. The molecule has 0 N–H and O–H groups in total. The SMILES string of the molecule is CC1CCN=C(N(CC(=O)c2ccc(Cl)c(Cl)c2)c2ccccc2)CC1. The summed E-state index contributed by atoms with van der Waals surface area (Å²) < 4.78 is 0. The quantitative estimate of drug-likeness (QED) is 0.610. The fourth-order valence-electron chi connectivity index (χ4n) is 3.08. The molecule has 1 heterocycles. The van der Waals surface area contributed by atoms with E-state index in [0.29, 0.717) is 21.5 Å². The normalized spacial score (nSPS) is 17.3. The summed E-state index contributed by atoms with van der Waals surface area (Å²) in [5.74, 6) is 1.63. The van der Waals surface area contributed by atoms with Crippen LogP contribution in [0.15, 0.2) is 53.5 Å². The van der Waals surface area contributed by atoms with Crippen LogP contribution in [-0.4, -0.2) is 24.7 Å². The lowest BCUT2D eigenvalue weighted by atomic mass is 10.0. The molecule has 0 saturated carbocycles. The van der Waals surface area contributed by atoms with Crippen LogP contribution in [0.2, 0.25) is 10.0 Å². The lowest BCUT2D eigenvalue weighted by Crippen LogP contribution is -2.36. The van der Waals surface area contributed by atoms with Crippen molar-refractivity contribution in [2.24, 2.45) is 10.9 Å². The molecule has 0 amide bonds. The number of hydrogen-bond donors (Lipinski definition) is 0. The zero-order chi connectivity index (χ0) is 18.5. The molecule has 5 heteroatoms. The second-order valence-electron chi connectivity index (χ2n) is 6.70. The Labute approximate surface area is 164 Å². The van der Waals surface area contributed by atoms with Crippen molar-refractivity contribution >= 4 is 40.5 Å². The van der Waals surface area contributed by atoms with E-state index in [-0.39, 0.29) is 12.3 Å². The predicted molar refractivity (Wildman–Crippen MR) is 110 cm³/mol. The molecule has 136 valence electrons. The first kappa shape index (κ1) is 18.9. The number of aliphatic imine (C=N–C) groups is 1. The number of carbonyl (C=O) groups excluding carboxylic acids is 1. The number of Topliss-reactive ketones (excluding diaryl/α,β-unsaturated/α-hetero) is 1. The van der Waals surface area contributed by atoms with E-state index in [1.54, 1.807) is 18.2 Å². The van der Waals surface area contributed by atoms with Gasteiger partial charge in [-0.25, -0.2) is 0 Å². The van der Waals surface area contributed by atoms with Crippen LogP contribution in [0, 0.1) is 5.92 Å². The third-order valence-electron chi connectivity index (χ3n) is 4.70. The third-order valence-corrected chi connectivity index (χ3v) is 5.44. The number of amidine groups is 1. The van der Waals surface area contributed by atoms with Crippen molar-refractivity contribution < 1.29 is 4.79 Å². The van der Waals surface area contributed by atoms with E-state index in [4.69, 9.17) is 28.2 Å². The molecule has 1 aliphatic rings. The van der Waals surface area contributed by atoms with Crippen molar-refractivity contribution in [3.63, 3.8) is 0 Å². The van der Waals surface area contributed by atoms with Crippen molar-refractivity contribution in [2.75, 3.05) is 18.0 Å². The summed E-state index contributed by atoms with van der Waals surface area (Å²) >= 11 is 12.0. The number of hydrogen-bond acceptors (Lipinski definition) is 3. The first-order chi connectivity index (χ1) is 12.5. The average Bonchev–Trinajstić information content (AvgIpc) is 2.87. The molecule has 1 unspecified atom stereocenters. The van der Waals surface area contributed by atoms with Gasteiger partial charge in [-0.15, -0.1) is 0 Å². The molecule has 0 radical (unpaired) electrons. The Balaban J connectivity index is 1.87. The van der Waals surface area contributed by atoms with Gasteiger partial charge in [0.25, 0.3) is 0 Å². The molecule has 0 spiro atoms. The van der Waals surface area contributed by atoms with Crippen LogP contribution in [0.5, 0.6) is 0 Å². The van der Waals surface area contributed by atoms with Crippen molar-refractivity contribution in [3.05, 3.63) is 64.1 Å². The number of anilines is 1. The molecule has 0 bridgehead atoms. The van der Waals surface area contributed by atoms with Crippen molar-refractivity contribution in [1.29, 1.82) is 0 Å². The van der Waals surface area contributed by atoms with E-state index in [1.807, 2.05) is 35.2 Å². The first-order valence-electron chi connectivity index (χ1n) is 8.89. The Morgan fingerprint density at radius 2 is 1.88 bits per heavy atom. The minimum absolute atomic E-state index is 0.00702. The van der Waals surface area contributed by atoms with Crippen molar-refractivity contribution in [1.82, 2.24) is 0 Å². The Hall–Kier alpha value is -1.84. The number of para-hydroxylation sites is 1. The second kappa shape index (κ2) is 8.70. The lowest BCUT2D eigenvalue weighted by molar-refractivity contribution is 0.100. The zero-order valence-corrected chi connectivity index (χ0v) is 16.3. The van der Waals surface area contributed by atoms with Crippen molar-refractivity contribution in [3.8, 4) is 0 Å². The predicted octanol–water partition coefficient (Wildman–Crippen LogP) is 5.90. The molecule has 26 heavy (non-hydrogen) atoms. The Bertz CT molecular complexity index is 805. The monoisotopic (exact) mass is 388 g/mol. The van der Waals surface area contributed by atoms with Gasteiger partial charge in [-0.3, -0.25) is 9.79 Å². The zero-order valence-electron chi connectivity index (χ0n) is 14.8. The van der Waals surface area contributed by atoms with Crippen molar-refractivity contribution in [2.45, 2.75) is 26.2 Å². The van der Waals surface area contributed by atoms with Gasteiger partial charge in [0.1, 0.15) is 5.84 Å². The van der Waals surface area contributed by atoms with E-state index >= 15 is 0 Å². The molecule has 0 fully saturated rings. The molecule has 3 nitrogen and oxygen atoms in total. The number of nitrogens with zero attached hydrogens (tertiary/aromatic N) is 2. The highest BCUT2D eigenvalue weighted by atomic mass is 35.5. The molecule has 0 saturated heterocycles. The van der Waals surface area contributed by atoms with E-state index in [1.165, 1.54) is 0 Å². The lowest BCUT2D eigenvalue weighted by Gasteiger charge is -2.26. The molecule has 2 aromatic carbocycles. The summed E-state index contributed by atoms with van der Waals surface area (Å²) in [6, 6.07) is 15.0. The van der Waals surface area contributed by atoms with Gasteiger partial charge in [-0.1, -0.05) is 48.3 Å². The molecule has 1 atom stereocenters. The Kier molecular flexibility index (Phi) is 6.33. The summed E-state index contributed by atoms with van der Waals surface area (Å²) in [5.41, 5.74) is 1.54. The highest BCUT2D eigenvalue weighted by Crippen LogP contribution is 2.25. The molecule has 3 rings (SSSR count). The van der Waals surface area contributed by atoms with Crippen LogP contribution in [0.1, 0.15) is 36.5 Å². The van der Waals surface area contributed by atoms with Crippen LogP contribution < -0.4 is 4.90 Å². The topological polar surface area (TPSA) is 32.7 Å². The number of halogens is 2. The molecule has 0 aliphatic carbocycles. The molecule has 2 aromatic rings. The number of carbonyl (C=O) groups is 1. The summed E-state index contributed by atoms with van der Waals surface area (Å²) in [5, 5.41) is 0.842. The van der Waals surface area contributed by atoms with Gasteiger partial charge in [0, 0.05) is 24.2 Å². The van der Waals surface area contributed by atoms with Crippen LogP contribution >= 0.6 is 23.2 Å². The number of ketones is 1. The van der Waals surface area contributed by atoms with Crippen LogP contribution in [0.3, 0.4) is 0 Å². The molecule has 0 aromatic heterocycles. The molecular weight excluding hydrogens is 367 g/mol. The fraction of sp³-hybridized carbons (Fsp3) is 0.333. The maximum atomic E-state index is 12.9. The van der Waals surface area contributed by atoms with Gasteiger partial charge in [-0.2, -0.15) is 0 Å². The average molecular weight is 389 g/mol. The maximum absolute atomic E-state index is 12.9.